The third kappa shape index (κ3) is 4.75. The SMILES string of the molecule is COc1cccc(OCC(=O)N(c2ccc(C)cc2)S(=O)(=O)c2ccccc2)c1. The normalized spacial score (nSPS) is 11.0. The minimum absolute atomic E-state index is 0.0234. The topological polar surface area (TPSA) is 72.9 Å². The molecule has 7 heteroatoms. The van der Waals surface area contributed by atoms with Gasteiger partial charge in [-0.2, -0.15) is 4.31 Å². The van der Waals surface area contributed by atoms with Gasteiger partial charge in [-0.15, -0.1) is 0 Å². The van der Waals surface area contributed by atoms with Crippen molar-refractivity contribution in [3.05, 3.63) is 84.4 Å². The van der Waals surface area contributed by atoms with Crippen molar-refractivity contribution < 1.29 is 22.7 Å². The molecule has 3 aromatic carbocycles. The molecule has 3 aromatic rings. The van der Waals surface area contributed by atoms with E-state index in [1.54, 1.807) is 66.7 Å². The monoisotopic (exact) mass is 411 g/mol. The number of sulfonamides is 1. The Morgan fingerprint density at radius 3 is 2.21 bits per heavy atom. The second-order valence-corrected chi connectivity index (χ2v) is 8.07. The van der Waals surface area contributed by atoms with Gasteiger partial charge in [0.2, 0.25) is 0 Å². The number of anilines is 1. The highest BCUT2D eigenvalue weighted by molar-refractivity contribution is 7.93. The van der Waals surface area contributed by atoms with E-state index in [1.165, 1.54) is 19.2 Å². The largest absolute Gasteiger partial charge is 0.497 e. The smallest absolute Gasteiger partial charge is 0.278 e. The molecule has 0 spiro atoms. The highest BCUT2D eigenvalue weighted by atomic mass is 32.2. The molecular formula is C22H21NO5S. The first-order chi connectivity index (χ1) is 13.9. The van der Waals surface area contributed by atoms with Crippen molar-refractivity contribution in [3.8, 4) is 11.5 Å². The third-order valence-corrected chi connectivity index (χ3v) is 5.94. The summed E-state index contributed by atoms with van der Waals surface area (Å²) in [6.07, 6.45) is 0. The van der Waals surface area contributed by atoms with Crippen LogP contribution in [-0.2, 0) is 14.8 Å². The summed E-state index contributed by atoms with van der Waals surface area (Å²) in [5, 5.41) is 0. The number of hydrogen-bond donors (Lipinski definition) is 0. The van der Waals surface area contributed by atoms with Gasteiger partial charge >= 0.3 is 0 Å². The van der Waals surface area contributed by atoms with E-state index in [-0.39, 0.29) is 10.6 Å². The van der Waals surface area contributed by atoms with Crippen molar-refractivity contribution in [2.24, 2.45) is 0 Å². The summed E-state index contributed by atoms with van der Waals surface area (Å²) in [7, 11) is -2.58. The number of methoxy groups -OCH3 is 1. The molecule has 29 heavy (non-hydrogen) atoms. The van der Waals surface area contributed by atoms with Crippen molar-refractivity contribution in [2.75, 3.05) is 18.0 Å². The van der Waals surface area contributed by atoms with Crippen LogP contribution >= 0.6 is 0 Å². The lowest BCUT2D eigenvalue weighted by Crippen LogP contribution is -2.40. The number of hydrogen-bond acceptors (Lipinski definition) is 5. The molecule has 0 aromatic heterocycles. The van der Waals surface area contributed by atoms with Gasteiger partial charge in [0.1, 0.15) is 11.5 Å². The summed E-state index contributed by atoms with van der Waals surface area (Å²) in [6, 6.07) is 21.3. The van der Waals surface area contributed by atoms with Crippen molar-refractivity contribution in [1.29, 1.82) is 0 Å². The average molecular weight is 411 g/mol. The Bertz CT molecular complexity index is 1080. The Labute approximate surface area is 170 Å². The zero-order valence-electron chi connectivity index (χ0n) is 16.1. The Balaban J connectivity index is 1.92. The molecule has 0 unspecified atom stereocenters. The number of benzene rings is 3. The van der Waals surface area contributed by atoms with Crippen LogP contribution in [0.3, 0.4) is 0 Å². The fraction of sp³-hybridized carbons (Fsp3) is 0.136. The second-order valence-electron chi connectivity index (χ2n) is 6.28. The van der Waals surface area contributed by atoms with Gasteiger partial charge in [-0.05, 0) is 43.3 Å². The number of rotatable bonds is 7. The third-order valence-electron chi connectivity index (χ3n) is 4.18. The van der Waals surface area contributed by atoms with Crippen molar-refractivity contribution >= 4 is 21.6 Å². The van der Waals surface area contributed by atoms with Gasteiger partial charge < -0.3 is 9.47 Å². The van der Waals surface area contributed by atoms with Crippen molar-refractivity contribution in [1.82, 2.24) is 0 Å². The van der Waals surface area contributed by atoms with Crippen LogP contribution in [-0.4, -0.2) is 28.0 Å². The van der Waals surface area contributed by atoms with Gasteiger partial charge in [-0.3, -0.25) is 4.79 Å². The lowest BCUT2D eigenvalue weighted by molar-refractivity contribution is -0.119. The number of aryl methyl sites for hydroxylation is 1. The van der Waals surface area contributed by atoms with Crippen LogP contribution in [0.1, 0.15) is 5.56 Å². The molecule has 150 valence electrons. The molecule has 0 bridgehead atoms. The summed E-state index contributed by atoms with van der Waals surface area (Å²) in [4.78, 5) is 13.0. The highest BCUT2D eigenvalue weighted by Crippen LogP contribution is 2.25. The van der Waals surface area contributed by atoms with E-state index in [4.69, 9.17) is 9.47 Å². The first-order valence-electron chi connectivity index (χ1n) is 8.88. The van der Waals surface area contributed by atoms with E-state index >= 15 is 0 Å². The van der Waals surface area contributed by atoms with E-state index in [0.717, 1.165) is 9.87 Å². The molecule has 0 radical (unpaired) electrons. The van der Waals surface area contributed by atoms with Crippen molar-refractivity contribution in [2.45, 2.75) is 11.8 Å². The van der Waals surface area contributed by atoms with E-state index in [2.05, 4.69) is 0 Å². The van der Waals surface area contributed by atoms with Crippen LogP contribution in [0, 0.1) is 6.92 Å². The van der Waals surface area contributed by atoms with Crippen LogP contribution < -0.4 is 13.8 Å². The van der Waals surface area contributed by atoms with Gasteiger partial charge in [0.05, 0.1) is 17.7 Å². The summed E-state index contributed by atoms with van der Waals surface area (Å²) in [5.41, 5.74) is 1.20. The fourth-order valence-corrected chi connectivity index (χ4v) is 4.12. The number of carbonyl (C=O) groups excluding carboxylic acids is 1. The Hall–Kier alpha value is -3.32. The summed E-state index contributed by atoms with van der Waals surface area (Å²) < 4.78 is 37.8. The van der Waals surface area contributed by atoms with Crippen molar-refractivity contribution in [3.63, 3.8) is 0 Å². The second kappa shape index (κ2) is 8.79. The minimum atomic E-state index is -4.10. The lowest BCUT2D eigenvalue weighted by Gasteiger charge is -2.23. The fourth-order valence-electron chi connectivity index (χ4n) is 2.69. The average Bonchev–Trinajstić information content (AvgIpc) is 2.74. The molecule has 6 nitrogen and oxygen atoms in total. The molecule has 1 amide bonds. The van der Waals surface area contributed by atoms with E-state index in [9.17, 15) is 13.2 Å². The lowest BCUT2D eigenvalue weighted by atomic mass is 10.2. The van der Waals surface area contributed by atoms with Crippen LogP contribution in [0.15, 0.2) is 83.8 Å². The predicted molar refractivity (Wildman–Crippen MR) is 111 cm³/mol. The summed E-state index contributed by atoms with van der Waals surface area (Å²) >= 11 is 0. The molecular weight excluding hydrogens is 390 g/mol. The van der Waals surface area contributed by atoms with E-state index in [0.29, 0.717) is 11.5 Å². The quantitative estimate of drug-likeness (QED) is 0.591. The zero-order valence-corrected chi connectivity index (χ0v) is 16.9. The predicted octanol–water partition coefficient (Wildman–Crippen LogP) is 3.80. The minimum Gasteiger partial charge on any atom is -0.497 e. The van der Waals surface area contributed by atoms with Crippen LogP contribution in [0.5, 0.6) is 11.5 Å². The molecule has 0 heterocycles. The molecule has 0 aliphatic carbocycles. The van der Waals surface area contributed by atoms with Gasteiger partial charge in [-0.1, -0.05) is 42.0 Å². The number of ether oxygens (including phenoxy) is 2. The Morgan fingerprint density at radius 2 is 1.55 bits per heavy atom. The zero-order chi connectivity index (χ0) is 20.9. The standard InChI is InChI=1S/C22H21NO5S/c1-17-11-13-18(14-12-17)23(29(25,26)21-9-4-3-5-10-21)22(24)16-28-20-8-6-7-19(15-20)27-2/h3-15H,16H2,1-2H3. The van der Waals surface area contributed by atoms with Crippen LogP contribution in [0.4, 0.5) is 5.69 Å². The maximum atomic E-state index is 13.2. The molecule has 0 saturated carbocycles. The molecule has 0 aliphatic rings. The first-order valence-corrected chi connectivity index (χ1v) is 10.3. The van der Waals surface area contributed by atoms with Crippen LogP contribution in [0.2, 0.25) is 0 Å². The number of carbonyl (C=O) groups is 1. The maximum Gasteiger partial charge on any atom is 0.278 e. The molecule has 0 aliphatic heterocycles. The van der Waals surface area contributed by atoms with E-state index in [1.807, 2.05) is 6.92 Å². The Kier molecular flexibility index (Phi) is 6.19. The van der Waals surface area contributed by atoms with Gasteiger partial charge in [0.15, 0.2) is 6.61 Å². The molecule has 0 N–H and O–H groups in total. The van der Waals surface area contributed by atoms with Gasteiger partial charge in [0.25, 0.3) is 15.9 Å². The maximum absolute atomic E-state index is 13.2. The summed E-state index contributed by atoms with van der Waals surface area (Å²) in [6.45, 7) is 1.43. The molecule has 0 saturated heterocycles. The van der Waals surface area contributed by atoms with Gasteiger partial charge in [0, 0.05) is 6.07 Å². The molecule has 0 fully saturated rings. The Morgan fingerprint density at radius 1 is 0.897 bits per heavy atom. The molecule has 0 atom stereocenters. The number of nitrogens with zero attached hydrogens (tertiary/aromatic N) is 1. The first kappa shape index (κ1) is 20.4. The van der Waals surface area contributed by atoms with E-state index < -0.39 is 22.5 Å². The number of amides is 1. The van der Waals surface area contributed by atoms with Gasteiger partial charge in [-0.25, -0.2) is 8.42 Å². The highest BCUT2D eigenvalue weighted by Gasteiger charge is 2.31. The summed E-state index contributed by atoms with van der Waals surface area (Å²) in [5.74, 6) is 0.265. The molecule has 3 rings (SSSR count). The van der Waals surface area contributed by atoms with Crippen LogP contribution in [0.25, 0.3) is 0 Å².